The average Bonchev–Trinajstić information content (AvgIpc) is 3.09. The van der Waals surface area contributed by atoms with Crippen molar-refractivity contribution < 1.29 is 14.3 Å². The minimum atomic E-state index is -0.179. The van der Waals surface area contributed by atoms with Crippen molar-refractivity contribution in [2.45, 2.75) is 6.92 Å². The van der Waals surface area contributed by atoms with Gasteiger partial charge in [-0.05, 0) is 37.3 Å². The van der Waals surface area contributed by atoms with Crippen LogP contribution in [0.25, 0.3) is 11.3 Å². The monoisotopic (exact) mass is 354 g/mol. The molecule has 1 N–H and O–H groups in total. The number of nitrogens with one attached hydrogen (secondary N) is 1. The lowest BCUT2D eigenvalue weighted by atomic mass is 10.1. The van der Waals surface area contributed by atoms with E-state index < -0.39 is 0 Å². The second kappa shape index (κ2) is 7.36. The fourth-order valence-electron chi connectivity index (χ4n) is 2.42. The van der Waals surface area contributed by atoms with Gasteiger partial charge < -0.3 is 9.47 Å². The molecule has 0 aliphatic rings. The van der Waals surface area contributed by atoms with Crippen molar-refractivity contribution in [3.63, 3.8) is 0 Å². The van der Waals surface area contributed by atoms with E-state index in [2.05, 4.69) is 10.3 Å². The fraction of sp³-hybridized carbons (Fsp3) is 0.158. The van der Waals surface area contributed by atoms with Crippen LogP contribution < -0.4 is 14.8 Å². The molecule has 0 saturated heterocycles. The number of carbonyl (C=O) groups excluding carboxylic acids is 1. The number of rotatable bonds is 5. The molecule has 3 rings (SSSR count). The molecule has 25 heavy (non-hydrogen) atoms. The van der Waals surface area contributed by atoms with Crippen LogP contribution >= 0.6 is 11.3 Å². The number of thiazole rings is 1. The molecule has 0 bridgehead atoms. The summed E-state index contributed by atoms with van der Waals surface area (Å²) in [6.45, 7) is 1.95. The second-order valence-electron chi connectivity index (χ2n) is 5.43. The van der Waals surface area contributed by atoms with Gasteiger partial charge in [0.15, 0.2) is 5.13 Å². The number of carbonyl (C=O) groups is 1. The Bertz CT molecular complexity index is 905. The summed E-state index contributed by atoms with van der Waals surface area (Å²) < 4.78 is 10.7. The molecule has 0 aliphatic carbocycles. The van der Waals surface area contributed by atoms with Gasteiger partial charge in [-0.25, -0.2) is 4.98 Å². The first kappa shape index (κ1) is 17.0. The smallest absolute Gasteiger partial charge is 0.257 e. The van der Waals surface area contributed by atoms with Gasteiger partial charge >= 0.3 is 0 Å². The number of methoxy groups -OCH3 is 2. The van der Waals surface area contributed by atoms with Crippen molar-refractivity contribution >= 4 is 22.4 Å². The van der Waals surface area contributed by atoms with Crippen LogP contribution in [0, 0.1) is 6.92 Å². The number of nitrogens with zero attached hydrogens (tertiary/aromatic N) is 1. The topological polar surface area (TPSA) is 60.5 Å². The minimum Gasteiger partial charge on any atom is -0.497 e. The van der Waals surface area contributed by atoms with E-state index in [9.17, 15) is 4.79 Å². The van der Waals surface area contributed by atoms with Gasteiger partial charge in [0.25, 0.3) is 5.91 Å². The van der Waals surface area contributed by atoms with Gasteiger partial charge in [0.1, 0.15) is 11.5 Å². The maximum Gasteiger partial charge on any atom is 0.257 e. The van der Waals surface area contributed by atoms with Crippen LogP contribution in [0.15, 0.2) is 47.8 Å². The Morgan fingerprint density at radius 2 is 1.96 bits per heavy atom. The zero-order chi connectivity index (χ0) is 17.8. The maximum absolute atomic E-state index is 12.3. The van der Waals surface area contributed by atoms with E-state index in [0.717, 1.165) is 16.8 Å². The van der Waals surface area contributed by atoms with Gasteiger partial charge in [0, 0.05) is 16.5 Å². The molecule has 1 amide bonds. The first-order valence-electron chi connectivity index (χ1n) is 7.66. The van der Waals surface area contributed by atoms with Crippen LogP contribution in [-0.4, -0.2) is 25.1 Å². The number of anilines is 1. The molecule has 1 heterocycles. The summed E-state index contributed by atoms with van der Waals surface area (Å²) >= 11 is 1.36. The predicted octanol–water partition coefficient (Wildman–Crippen LogP) is 4.39. The van der Waals surface area contributed by atoms with E-state index in [1.807, 2.05) is 48.7 Å². The highest BCUT2D eigenvalue weighted by molar-refractivity contribution is 7.14. The molecule has 1 aromatic heterocycles. The molecule has 0 aliphatic heterocycles. The Hall–Kier alpha value is -2.86. The van der Waals surface area contributed by atoms with Crippen molar-refractivity contribution in [3.05, 3.63) is 59.0 Å². The molecule has 0 unspecified atom stereocenters. The van der Waals surface area contributed by atoms with Crippen LogP contribution in [0.5, 0.6) is 11.5 Å². The van der Waals surface area contributed by atoms with E-state index in [0.29, 0.717) is 22.2 Å². The number of hydrogen-bond acceptors (Lipinski definition) is 5. The zero-order valence-corrected chi connectivity index (χ0v) is 15.0. The van der Waals surface area contributed by atoms with Gasteiger partial charge in [0.05, 0.1) is 19.9 Å². The van der Waals surface area contributed by atoms with Gasteiger partial charge in [-0.2, -0.15) is 0 Å². The summed E-state index contributed by atoms with van der Waals surface area (Å²) in [5.74, 6) is 1.24. The minimum absolute atomic E-state index is 0.179. The molecule has 3 aromatic rings. The molecule has 5 nitrogen and oxygen atoms in total. The molecular formula is C19H18N2O3S. The van der Waals surface area contributed by atoms with Gasteiger partial charge in [-0.15, -0.1) is 11.3 Å². The average molecular weight is 354 g/mol. The molecule has 0 spiro atoms. The Morgan fingerprint density at radius 3 is 2.68 bits per heavy atom. The number of aromatic nitrogens is 1. The summed E-state index contributed by atoms with van der Waals surface area (Å²) in [5, 5.41) is 5.25. The quantitative estimate of drug-likeness (QED) is 0.738. The van der Waals surface area contributed by atoms with Crippen LogP contribution in [0.3, 0.4) is 0 Å². The van der Waals surface area contributed by atoms with Gasteiger partial charge in [0.2, 0.25) is 0 Å². The van der Waals surface area contributed by atoms with Crippen molar-refractivity contribution in [2.24, 2.45) is 0 Å². The Labute approximate surface area is 150 Å². The molecule has 6 heteroatoms. The summed E-state index contributed by atoms with van der Waals surface area (Å²) in [4.78, 5) is 16.8. The molecule has 0 radical (unpaired) electrons. The standard InChI is InChI=1S/C19H18N2O3S/c1-12-5-4-6-13(9-12)18(22)21-19-20-16(11-25-19)15-10-14(23-2)7-8-17(15)24-3/h4-11H,1-3H3,(H,20,21,22). The number of aryl methyl sites for hydroxylation is 1. The third-order valence-electron chi connectivity index (χ3n) is 3.69. The first-order chi connectivity index (χ1) is 12.1. The third kappa shape index (κ3) is 3.80. The fourth-order valence-corrected chi connectivity index (χ4v) is 3.13. The lowest BCUT2D eigenvalue weighted by Gasteiger charge is -2.08. The molecule has 128 valence electrons. The lowest BCUT2D eigenvalue weighted by Crippen LogP contribution is -2.11. The Kier molecular flexibility index (Phi) is 5.00. The van der Waals surface area contributed by atoms with Crippen molar-refractivity contribution in [3.8, 4) is 22.8 Å². The van der Waals surface area contributed by atoms with E-state index in [4.69, 9.17) is 9.47 Å². The SMILES string of the molecule is COc1ccc(OC)c(-c2csc(NC(=O)c3cccc(C)c3)n2)c1. The van der Waals surface area contributed by atoms with E-state index in [1.165, 1.54) is 11.3 Å². The van der Waals surface area contributed by atoms with Crippen molar-refractivity contribution in [2.75, 3.05) is 19.5 Å². The van der Waals surface area contributed by atoms with Crippen molar-refractivity contribution in [1.82, 2.24) is 4.98 Å². The first-order valence-corrected chi connectivity index (χ1v) is 8.54. The normalized spacial score (nSPS) is 10.4. The molecule has 0 fully saturated rings. The predicted molar refractivity (Wildman–Crippen MR) is 99.8 cm³/mol. The summed E-state index contributed by atoms with van der Waals surface area (Å²) in [6.07, 6.45) is 0. The van der Waals surface area contributed by atoms with Crippen LogP contribution in [0.2, 0.25) is 0 Å². The Morgan fingerprint density at radius 1 is 1.12 bits per heavy atom. The number of benzene rings is 2. The molecule has 2 aromatic carbocycles. The highest BCUT2D eigenvalue weighted by atomic mass is 32.1. The summed E-state index contributed by atoms with van der Waals surface area (Å²) in [6, 6.07) is 13.0. The van der Waals surface area contributed by atoms with Crippen LogP contribution in [0.1, 0.15) is 15.9 Å². The van der Waals surface area contributed by atoms with Crippen LogP contribution in [0.4, 0.5) is 5.13 Å². The van der Waals surface area contributed by atoms with E-state index in [1.54, 1.807) is 20.3 Å². The maximum atomic E-state index is 12.3. The van der Waals surface area contributed by atoms with Crippen molar-refractivity contribution in [1.29, 1.82) is 0 Å². The summed E-state index contributed by atoms with van der Waals surface area (Å²) in [7, 11) is 3.22. The molecule has 0 atom stereocenters. The highest BCUT2D eigenvalue weighted by Gasteiger charge is 2.13. The number of ether oxygens (including phenoxy) is 2. The highest BCUT2D eigenvalue weighted by Crippen LogP contribution is 2.35. The third-order valence-corrected chi connectivity index (χ3v) is 4.45. The zero-order valence-electron chi connectivity index (χ0n) is 14.2. The molecule has 0 saturated carbocycles. The van der Waals surface area contributed by atoms with Gasteiger partial charge in [-0.1, -0.05) is 17.7 Å². The van der Waals surface area contributed by atoms with Crippen LogP contribution in [-0.2, 0) is 0 Å². The van der Waals surface area contributed by atoms with Gasteiger partial charge in [-0.3, -0.25) is 10.1 Å². The van der Waals surface area contributed by atoms with E-state index in [-0.39, 0.29) is 5.91 Å². The second-order valence-corrected chi connectivity index (χ2v) is 6.29. The lowest BCUT2D eigenvalue weighted by molar-refractivity contribution is 0.102. The molecular weight excluding hydrogens is 336 g/mol. The number of hydrogen-bond donors (Lipinski definition) is 1. The number of amides is 1. The van der Waals surface area contributed by atoms with E-state index >= 15 is 0 Å². The Balaban J connectivity index is 1.84. The summed E-state index contributed by atoms with van der Waals surface area (Å²) in [5.41, 5.74) is 3.18. The largest absolute Gasteiger partial charge is 0.497 e.